The molecule has 0 heterocycles. The van der Waals surface area contributed by atoms with Crippen molar-refractivity contribution in [2.75, 3.05) is 5.75 Å². The van der Waals surface area contributed by atoms with Gasteiger partial charge in [-0.15, -0.1) is 18.3 Å². The van der Waals surface area contributed by atoms with E-state index < -0.39 is 0 Å². The predicted molar refractivity (Wildman–Crippen MR) is 47.4 cm³/mol. The van der Waals surface area contributed by atoms with Crippen LogP contribution in [0, 0.1) is 0 Å². The fourth-order valence-electron chi connectivity index (χ4n) is 0.593. The molecule has 1 unspecified atom stereocenters. The highest BCUT2D eigenvalue weighted by Gasteiger charge is 2.08. The van der Waals surface area contributed by atoms with Crippen molar-refractivity contribution in [3.8, 4) is 0 Å². The van der Waals surface area contributed by atoms with E-state index in [1.54, 1.807) is 11.8 Å². The van der Waals surface area contributed by atoms with E-state index in [2.05, 4.69) is 6.58 Å². The quantitative estimate of drug-likeness (QED) is 0.571. The summed E-state index contributed by atoms with van der Waals surface area (Å²) in [5.74, 6) is 1.19. The summed E-state index contributed by atoms with van der Waals surface area (Å²) in [6.07, 6.45) is 2.47. The first-order valence-corrected chi connectivity index (χ1v) is 4.52. The molecule has 0 N–H and O–H groups in total. The Balaban J connectivity index is 3.50. The smallest absolute Gasteiger partial charge is 0.145 e. The largest absolute Gasteiger partial charge is 0.298 e. The summed E-state index contributed by atoms with van der Waals surface area (Å²) < 4.78 is 0. The van der Waals surface area contributed by atoms with Crippen molar-refractivity contribution < 1.29 is 4.79 Å². The second-order valence-corrected chi connectivity index (χ2v) is 3.46. The summed E-state index contributed by atoms with van der Waals surface area (Å²) in [5.41, 5.74) is 0. The normalized spacial score (nSPS) is 12.6. The van der Waals surface area contributed by atoms with Gasteiger partial charge in [0.2, 0.25) is 0 Å². The molecule has 0 aliphatic carbocycles. The van der Waals surface area contributed by atoms with Gasteiger partial charge >= 0.3 is 0 Å². The molecular weight excluding hydrogens is 144 g/mol. The molecule has 0 aromatic carbocycles. The summed E-state index contributed by atoms with van der Waals surface area (Å²) in [6.45, 7) is 7.43. The molecule has 0 amide bonds. The predicted octanol–water partition coefficient (Wildman–Crippen LogP) is 2.27. The third kappa shape index (κ3) is 3.72. The third-order valence-electron chi connectivity index (χ3n) is 1.27. The fourth-order valence-corrected chi connectivity index (χ4v) is 1.37. The number of hydrogen-bond donors (Lipinski definition) is 0. The van der Waals surface area contributed by atoms with Crippen LogP contribution in [0.4, 0.5) is 0 Å². The number of hydrogen-bond acceptors (Lipinski definition) is 2. The lowest BCUT2D eigenvalue weighted by Gasteiger charge is -2.05. The first-order valence-electron chi connectivity index (χ1n) is 3.47. The lowest BCUT2D eigenvalue weighted by molar-refractivity contribution is -0.117. The van der Waals surface area contributed by atoms with Gasteiger partial charge in [-0.25, -0.2) is 0 Å². The van der Waals surface area contributed by atoms with Crippen molar-refractivity contribution >= 4 is 17.5 Å². The molecule has 0 saturated carbocycles. The summed E-state index contributed by atoms with van der Waals surface area (Å²) in [4.78, 5) is 11.0. The molecule has 2 heteroatoms. The average molecular weight is 158 g/mol. The van der Waals surface area contributed by atoms with Gasteiger partial charge in [-0.2, -0.15) is 0 Å². The van der Waals surface area contributed by atoms with E-state index >= 15 is 0 Å². The second kappa shape index (κ2) is 5.54. The molecular formula is C8H14OS. The van der Waals surface area contributed by atoms with Crippen LogP contribution in [-0.2, 0) is 4.79 Å². The van der Waals surface area contributed by atoms with E-state index in [9.17, 15) is 4.79 Å². The van der Waals surface area contributed by atoms with Gasteiger partial charge in [0, 0.05) is 12.2 Å². The van der Waals surface area contributed by atoms with Crippen LogP contribution in [0.1, 0.15) is 20.3 Å². The molecule has 1 atom stereocenters. The number of thioether (sulfide) groups is 1. The third-order valence-corrected chi connectivity index (χ3v) is 2.46. The van der Waals surface area contributed by atoms with Crippen molar-refractivity contribution in [2.45, 2.75) is 25.5 Å². The van der Waals surface area contributed by atoms with Crippen LogP contribution in [0.5, 0.6) is 0 Å². The van der Waals surface area contributed by atoms with Crippen molar-refractivity contribution in [1.82, 2.24) is 0 Å². The average Bonchev–Trinajstić information content (AvgIpc) is 1.98. The Morgan fingerprint density at radius 3 is 2.80 bits per heavy atom. The Bertz CT molecular complexity index is 120. The highest BCUT2D eigenvalue weighted by atomic mass is 32.2. The first kappa shape index (κ1) is 9.76. The topological polar surface area (TPSA) is 17.1 Å². The molecule has 1 nitrogen and oxygen atoms in total. The van der Waals surface area contributed by atoms with Gasteiger partial charge in [0.15, 0.2) is 0 Å². The molecule has 0 fully saturated rings. The van der Waals surface area contributed by atoms with Gasteiger partial charge in [-0.05, 0) is 6.92 Å². The van der Waals surface area contributed by atoms with Crippen molar-refractivity contribution in [3.05, 3.63) is 12.7 Å². The number of ketones is 1. The zero-order valence-corrected chi connectivity index (χ0v) is 7.41. The SMILES string of the molecule is C=CCSC(C)C(=O)CC. The maximum atomic E-state index is 11.0. The fraction of sp³-hybridized carbons (Fsp3) is 0.625. The van der Waals surface area contributed by atoms with Crippen LogP contribution in [-0.4, -0.2) is 16.8 Å². The first-order chi connectivity index (χ1) is 4.72. The summed E-state index contributed by atoms with van der Waals surface area (Å²) in [6, 6.07) is 0. The van der Waals surface area contributed by atoms with Crippen LogP contribution in [0.25, 0.3) is 0 Å². The van der Waals surface area contributed by atoms with Gasteiger partial charge in [0.25, 0.3) is 0 Å². The molecule has 0 saturated heterocycles. The summed E-state index contributed by atoms with van der Waals surface area (Å²) >= 11 is 1.64. The molecule has 0 rings (SSSR count). The van der Waals surface area contributed by atoms with Gasteiger partial charge in [0.05, 0.1) is 5.25 Å². The van der Waals surface area contributed by atoms with E-state index in [0.29, 0.717) is 12.2 Å². The van der Waals surface area contributed by atoms with Crippen molar-refractivity contribution in [1.29, 1.82) is 0 Å². The lowest BCUT2D eigenvalue weighted by Crippen LogP contribution is -2.11. The van der Waals surface area contributed by atoms with Gasteiger partial charge < -0.3 is 0 Å². The zero-order valence-electron chi connectivity index (χ0n) is 6.59. The Kier molecular flexibility index (Phi) is 5.40. The van der Waals surface area contributed by atoms with Crippen LogP contribution in [0.3, 0.4) is 0 Å². The maximum Gasteiger partial charge on any atom is 0.145 e. The van der Waals surface area contributed by atoms with E-state index in [1.807, 2.05) is 19.9 Å². The Morgan fingerprint density at radius 2 is 2.40 bits per heavy atom. The second-order valence-electron chi connectivity index (χ2n) is 2.08. The molecule has 0 radical (unpaired) electrons. The molecule has 0 bridgehead atoms. The molecule has 58 valence electrons. The van der Waals surface area contributed by atoms with E-state index in [4.69, 9.17) is 0 Å². The molecule has 0 aromatic heterocycles. The minimum atomic E-state index is 0.142. The molecule has 0 aliphatic rings. The van der Waals surface area contributed by atoms with Gasteiger partial charge in [-0.3, -0.25) is 4.79 Å². The standard InChI is InChI=1S/C8H14OS/c1-4-6-10-7(3)8(9)5-2/h4,7H,1,5-6H2,2-3H3. The number of Topliss-reactive ketones (excluding diaryl/α,β-unsaturated/α-hetero) is 1. The van der Waals surface area contributed by atoms with E-state index in [0.717, 1.165) is 5.75 Å². The Hall–Kier alpha value is -0.240. The summed E-state index contributed by atoms with van der Waals surface area (Å²) in [7, 11) is 0. The molecule has 0 spiro atoms. The van der Waals surface area contributed by atoms with Gasteiger partial charge in [0.1, 0.15) is 5.78 Å². The van der Waals surface area contributed by atoms with Crippen molar-refractivity contribution in [2.24, 2.45) is 0 Å². The maximum absolute atomic E-state index is 11.0. The van der Waals surface area contributed by atoms with Gasteiger partial charge in [-0.1, -0.05) is 13.0 Å². The number of rotatable bonds is 5. The summed E-state index contributed by atoms with van der Waals surface area (Å²) in [5, 5.41) is 0.142. The zero-order chi connectivity index (χ0) is 7.98. The monoisotopic (exact) mass is 158 g/mol. The van der Waals surface area contributed by atoms with E-state index in [1.165, 1.54) is 0 Å². The molecule has 0 aliphatic heterocycles. The van der Waals surface area contributed by atoms with Crippen molar-refractivity contribution in [3.63, 3.8) is 0 Å². The molecule has 10 heavy (non-hydrogen) atoms. The number of carbonyl (C=O) groups excluding carboxylic acids is 1. The Labute approximate surface area is 66.9 Å². The minimum absolute atomic E-state index is 0.142. The van der Waals surface area contributed by atoms with Crippen LogP contribution < -0.4 is 0 Å². The van der Waals surface area contributed by atoms with E-state index in [-0.39, 0.29) is 5.25 Å². The highest BCUT2D eigenvalue weighted by molar-refractivity contribution is 8.00. The van der Waals surface area contributed by atoms with Crippen LogP contribution in [0.2, 0.25) is 0 Å². The molecule has 0 aromatic rings. The lowest BCUT2D eigenvalue weighted by atomic mass is 10.2. The number of carbonyl (C=O) groups is 1. The van der Waals surface area contributed by atoms with Crippen LogP contribution >= 0.6 is 11.8 Å². The Morgan fingerprint density at radius 1 is 1.80 bits per heavy atom. The minimum Gasteiger partial charge on any atom is -0.298 e. The highest BCUT2D eigenvalue weighted by Crippen LogP contribution is 2.12. The van der Waals surface area contributed by atoms with Crippen LogP contribution in [0.15, 0.2) is 12.7 Å².